The van der Waals surface area contributed by atoms with Crippen LogP contribution in [-0.4, -0.2) is 79.7 Å². The number of nitrogens with one attached hydrogen (secondary N) is 3. The van der Waals surface area contributed by atoms with Crippen molar-refractivity contribution in [2.75, 3.05) is 20.2 Å². The summed E-state index contributed by atoms with van der Waals surface area (Å²) >= 11 is 0. The zero-order valence-electron chi connectivity index (χ0n) is 31.8. The zero-order chi connectivity index (χ0) is 38.1. The lowest BCUT2D eigenvalue weighted by atomic mass is 9.98. The summed E-state index contributed by atoms with van der Waals surface area (Å²) in [6.07, 6.45) is 6.22. The van der Waals surface area contributed by atoms with E-state index in [1.807, 2.05) is 51.9 Å². The number of carbonyl (C=O) groups is 3. The SMILES string of the molecule is COC(=O)N[C@H](C(=O)N1CCC[C@H]1c1ncc(-c2ccc(-c3ccc4cc(-c5c[nH]c([C@@H]6CCCN6C(=O)OC(C)(C)C)n5)ccc4c3)cc2)[nH]1)C(C)C. The maximum atomic E-state index is 13.5. The fourth-order valence-corrected chi connectivity index (χ4v) is 7.52. The van der Waals surface area contributed by atoms with E-state index in [0.29, 0.717) is 13.1 Å². The summed E-state index contributed by atoms with van der Waals surface area (Å²) in [6, 6.07) is 20.2. The minimum atomic E-state index is -0.678. The summed E-state index contributed by atoms with van der Waals surface area (Å²) in [7, 11) is 1.30. The molecule has 54 heavy (non-hydrogen) atoms. The molecule has 2 saturated heterocycles. The van der Waals surface area contributed by atoms with E-state index < -0.39 is 17.7 Å². The Bertz CT molecular complexity index is 2150. The van der Waals surface area contributed by atoms with Crippen molar-refractivity contribution in [2.45, 2.75) is 84.0 Å². The molecule has 12 nitrogen and oxygen atoms in total. The van der Waals surface area contributed by atoms with Crippen molar-refractivity contribution in [3.63, 3.8) is 0 Å². The molecule has 0 unspecified atom stereocenters. The predicted molar refractivity (Wildman–Crippen MR) is 207 cm³/mol. The standard InChI is InChI=1S/C42H49N7O5/c1-25(2)36(47-40(51)53-6)39(50)48-19-7-9-34(48)37-43-23-32(45-37)27-13-11-26(12-14-27)28-15-16-30-22-31(18-17-29(30)21-28)33-24-44-38(46-33)35-10-8-20-49(35)41(52)54-42(3,4)5/h11-18,21-25,34-36H,7-10,19-20H2,1-6H3,(H,43,45)(H,44,46)(H,47,51)/t34-,35-,36-/m0/s1. The van der Waals surface area contributed by atoms with Crippen molar-refractivity contribution >= 4 is 28.9 Å². The van der Waals surface area contributed by atoms with Crippen molar-refractivity contribution in [1.82, 2.24) is 35.1 Å². The summed E-state index contributed by atoms with van der Waals surface area (Å²) in [6.45, 7) is 10.7. The van der Waals surface area contributed by atoms with E-state index in [2.05, 4.69) is 80.9 Å². The molecular weight excluding hydrogens is 683 g/mol. The van der Waals surface area contributed by atoms with E-state index in [9.17, 15) is 14.4 Å². The Morgan fingerprint density at radius 3 is 2.11 bits per heavy atom. The number of aromatic nitrogens is 4. The summed E-state index contributed by atoms with van der Waals surface area (Å²) in [5.41, 5.74) is 5.37. The van der Waals surface area contributed by atoms with Gasteiger partial charge in [0.1, 0.15) is 23.3 Å². The van der Waals surface area contributed by atoms with Gasteiger partial charge in [0.05, 0.1) is 36.8 Å². The highest BCUT2D eigenvalue weighted by molar-refractivity contribution is 5.91. The first-order valence-corrected chi connectivity index (χ1v) is 18.8. The van der Waals surface area contributed by atoms with E-state index in [0.717, 1.165) is 81.7 Å². The molecule has 0 aliphatic carbocycles. The zero-order valence-corrected chi connectivity index (χ0v) is 31.8. The van der Waals surface area contributed by atoms with Gasteiger partial charge in [0.15, 0.2) is 0 Å². The topological polar surface area (TPSA) is 146 Å². The number of rotatable bonds is 8. The molecule has 0 saturated carbocycles. The van der Waals surface area contributed by atoms with Gasteiger partial charge in [0.25, 0.3) is 0 Å². The smallest absolute Gasteiger partial charge is 0.410 e. The van der Waals surface area contributed by atoms with Crippen LogP contribution < -0.4 is 5.32 Å². The van der Waals surface area contributed by atoms with Crippen molar-refractivity contribution in [2.24, 2.45) is 5.92 Å². The Hall–Kier alpha value is -5.65. The number of fused-ring (bicyclic) bond motifs is 1. The molecule has 282 valence electrons. The molecule has 3 amide bonds. The summed E-state index contributed by atoms with van der Waals surface area (Å²) in [5, 5.41) is 4.94. The molecule has 2 aliphatic rings. The minimum Gasteiger partial charge on any atom is -0.453 e. The number of carbonyl (C=O) groups excluding carboxylic acids is 3. The normalized spacial score (nSPS) is 18.0. The number of hydrogen-bond donors (Lipinski definition) is 3. The number of hydrogen-bond acceptors (Lipinski definition) is 7. The number of imidazole rings is 2. The van der Waals surface area contributed by atoms with Crippen LogP contribution in [0.15, 0.2) is 73.1 Å². The number of methoxy groups -OCH3 is 1. The van der Waals surface area contributed by atoms with Gasteiger partial charge in [-0.1, -0.05) is 62.4 Å². The van der Waals surface area contributed by atoms with Crippen LogP contribution in [0.2, 0.25) is 0 Å². The minimum absolute atomic E-state index is 0.0954. The van der Waals surface area contributed by atoms with E-state index in [4.69, 9.17) is 14.5 Å². The van der Waals surface area contributed by atoms with E-state index >= 15 is 0 Å². The first-order valence-electron chi connectivity index (χ1n) is 18.8. The molecular formula is C42H49N7O5. The quantitative estimate of drug-likeness (QED) is 0.145. The fraction of sp³-hybridized carbons (Fsp3) is 0.405. The van der Waals surface area contributed by atoms with Gasteiger partial charge in [-0.05, 0) is 92.0 Å². The maximum absolute atomic E-state index is 13.5. The third-order valence-corrected chi connectivity index (χ3v) is 10.3. The number of nitrogens with zero attached hydrogens (tertiary/aromatic N) is 4. The van der Waals surface area contributed by atoms with Crippen molar-refractivity contribution in [3.8, 4) is 33.6 Å². The maximum Gasteiger partial charge on any atom is 0.410 e. The molecule has 2 aliphatic heterocycles. The number of aromatic amines is 2. The third kappa shape index (κ3) is 7.69. The van der Waals surface area contributed by atoms with Crippen LogP contribution in [0.1, 0.15) is 84.0 Å². The molecule has 7 rings (SSSR count). The number of ether oxygens (including phenoxy) is 2. The van der Waals surface area contributed by atoms with Crippen LogP contribution in [0.25, 0.3) is 44.4 Å². The first kappa shape index (κ1) is 36.7. The van der Waals surface area contributed by atoms with Crippen LogP contribution in [0, 0.1) is 5.92 Å². The van der Waals surface area contributed by atoms with E-state index in [1.54, 1.807) is 4.90 Å². The summed E-state index contributed by atoms with van der Waals surface area (Å²) in [5.74, 6) is 1.29. The molecule has 3 aromatic carbocycles. The molecule has 2 aromatic heterocycles. The molecule has 4 heterocycles. The number of benzene rings is 3. The van der Waals surface area contributed by atoms with Crippen LogP contribution in [0.4, 0.5) is 9.59 Å². The molecule has 3 N–H and O–H groups in total. The Morgan fingerprint density at radius 2 is 1.44 bits per heavy atom. The molecule has 0 spiro atoms. The average Bonchev–Trinajstić information content (AvgIpc) is 3.98. The van der Waals surface area contributed by atoms with Gasteiger partial charge < -0.3 is 29.7 Å². The Labute approximate surface area is 315 Å². The summed E-state index contributed by atoms with van der Waals surface area (Å²) < 4.78 is 10.4. The summed E-state index contributed by atoms with van der Waals surface area (Å²) in [4.78, 5) is 58.3. The lowest BCUT2D eigenvalue weighted by molar-refractivity contribution is -0.135. The molecule has 0 radical (unpaired) electrons. The third-order valence-electron chi connectivity index (χ3n) is 10.3. The van der Waals surface area contributed by atoms with Gasteiger partial charge >= 0.3 is 12.2 Å². The second-order valence-corrected chi connectivity index (χ2v) is 15.6. The van der Waals surface area contributed by atoms with Gasteiger partial charge in [-0.25, -0.2) is 19.6 Å². The highest BCUT2D eigenvalue weighted by atomic mass is 16.6. The first-order chi connectivity index (χ1) is 25.9. The van der Waals surface area contributed by atoms with Crippen molar-refractivity contribution in [1.29, 1.82) is 0 Å². The number of amides is 3. The largest absolute Gasteiger partial charge is 0.453 e. The average molecular weight is 732 g/mol. The second kappa shape index (κ2) is 15.0. The predicted octanol–water partition coefficient (Wildman–Crippen LogP) is 8.40. The highest BCUT2D eigenvalue weighted by Crippen LogP contribution is 2.35. The monoisotopic (exact) mass is 731 g/mol. The van der Waals surface area contributed by atoms with Crippen LogP contribution >= 0.6 is 0 Å². The second-order valence-electron chi connectivity index (χ2n) is 15.6. The van der Waals surface area contributed by atoms with Crippen LogP contribution in [0.5, 0.6) is 0 Å². The van der Waals surface area contributed by atoms with Crippen LogP contribution in [-0.2, 0) is 14.3 Å². The Kier molecular flexibility index (Phi) is 10.2. The van der Waals surface area contributed by atoms with Gasteiger partial charge in [-0.3, -0.25) is 9.69 Å². The molecule has 5 aromatic rings. The van der Waals surface area contributed by atoms with Gasteiger partial charge in [-0.15, -0.1) is 0 Å². The lowest BCUT2D eigenvalue weighted by Crippen LogP contribution is -2.51. The van der Waals surface area contributed by atoms with Crippen LogP contribution in [0.3, 0.4) is 0 Å². The van der Waals surface area contributed by atoms with Crippen molar-refractivity contribution in [3.05, 3.63) is 84.7 Å². The Morgan fingerprint density at radius 1 is 0.833 bits per heavy atom. The molecule has 0 bridgehead atoms. The van der Waals surface area contributed by atoms with Gasteiger partial charge in [0.2, 0.25) is 5.91 Å². The number of likely N-dealkylation sites (tertiary alicyclic amines) is 2. The van der Waals surface area contributed by atoms with E-state index in [-0.39, 0.29) is 30.0 Å². The van der Waals surface area contributed by atoms with Gasteiger partial charge in [-0.2, -0.15) is 0 Å². The lowest BCUT2D eigenvalue weighted by Gasteiger charge is -2.30. The van der Waals surface area contributed by atoms with Gasteiger partial charge in [0, 0.05) is 24.8 Å². The number of alkyl carbamates (subject to hydrolysis) is 1. The fourth-order valence-electron chi connectivity index (χ4n) is 7.52. The van der Waals surface area contributed by atoms with Crippen molar-refractivity contribution < 1.29 is 23.9 Å². The molecule has 12 heteroatoms. The Balaban J connectivity index is 1.03. The highest BCUT2D eigenvalue weighted by Gasteiger charge is 2.38. The van der Waals surface area contributed by atoms with E-state index in [1.165, 1.54) is 7.11 Å². The molecule has 2 fully saturated rings. The molecule has 3 atom stereocenters. The number of H-pyrrole nitrogens is 2.